The standard InChI is InChI=1S/C11H17NO/c1-4-12(3)11-6-5-10(8-13)9(2)7-11/h5-7,13H,4,8H2,1-3H3. The van der Waals surface area contributed by atoms with Crippen LogP contribution in [-0.2, 0) is 6.61 Å². The zero-order chi connectivity index (χ0) is 9.84. The van der Waals surface area contributed by atoms with Gasteiger partial charge in [-0.3, -0.25) is 0 Å². The van der Waals surface area contributed by atoms with Crippen molar-refractivity contribution >= 4 is 5.69 Å². The fourth-order valence-electron chi connectivity index (χ4n) is 1.28. The number of rotatable bonds is 3. The van der Waals surface area contributed by atoms with Crippen molar-refractivity contribution < 1.29 is 5.11 Å². The van der Waals surface area contributed by atoms with E-state index in [1.165, 1.54) is 5.69 Å². The van der Waals surface area contributed by atoms with E-state index in [-0.39, 0.29) is 6.61 Å². The van der Waals surface area contributed by atoms with Gasteiger partial charge in [-0.25, -0.2) is 0 Å². The molecule has 1 aromatic carbocycles. The lowest BCUT2D eigenvalue weighted by Gasteiger charge is -2.18. The minimum atomic E-state index is 0.127. The van der Waals surface area contributed by atoms with Crippen LogP contribution in [0.15, 0.2) is 18.2 Å². The monoisotopic (exact) mass is 179 g/mol. The Bertz CT molecular complexity index is 283. The molecule has 2 nitrogen and oxygen atoms in total. The largest absolute Gasteiger partial charge is 0.392 e. The maximum Gasteiger partial charge on any atom is 0.0684 e. The van der Waals surface area contributed by atoms with Crippen molar-refractivity contribution in [1.82, 2.24) is 0 Å². The summed E-state index contributed by atoms with van der Waals surface area (Å²) < 4.78 is 0. The van der Waals surface area contributed by atoms with E-state index in [2.05, 4.69) is 24.9 Å². The van der Waals surface area contributed by atoms with Crippen LogP contribution < -0.4 is 4.90 Å². The summed E-state index contributed by atoms with van der Waals surface area (Å²) in [5.41, 5.74) is 3.37. The molecule has 0 saturated heterocycles. The van der Waals surface area contributed by atoms with Gasteiger partial charge in [0, 0.05) is 19.3 Å². The SMILES string of the molecule is CCN(C)c1ccc(CO)c(C)c1. The van der Waals surface area contributed by atoms with Gasteiger partial charge in [0.05, 0.1) is 6.61 Å². The van der Waals surface area contributed by atoms with Gasteiger partial charge in [-0.2, -0.15) is 0 Å². The van der Waals surface area contributed by atoms with E-state index in [0.717, 1.165) is 17.7 Å². The van der Waals surface area contributed by atoms with Crippen molar-refractivity contribution in [2.24, 2.45) is 0 Å². The topological polar surface area (TPSA) is 23.5 Å². The Labute approximate surface area is 79.8 Å². The van der Waals surface area contributed by atoms with Gasteiger partial charge >= 0.3 is 0 Å². The molecule has 0 bridgehead atoms. The molecule has 72 valence electrons. The highest BCUT2D eigenvalue weighted by molar-refractivity contribution is 5.49. The predicted molar refractivity (Wildman–Crippen MR) is 56.0 cm³/mol. The predicted octanol–water partition coefficient (Wildman–Crippen LogP) is 1.94. The smallest absolute Gasteiger partial charge is 0.0684 e. The van der Waals surface area contributed by atoms with Gasteiger partial charge in [-0.05, 0) is 37.1 Å². The Hall–Kier alpha value is -1.02. The third-order valence-electron chi connectivity index (χ3n) is 2.41. The molecule has 0 aliphatic carbocycles. The number of aliphatic hydroxyl groups is 1. The summed E-state index contributed by atoms with van der Waals surface area (Å²) in [7, 11) is 2.06. The number of hydrogen-bond acceptors (Lipinski definition) is 2. The van der Waals surface area contributed by atoms with Crippen LogP contribution in [-0.4, -0.2) is 18.7 Å². The van der Waals surface area contributed by atoms with Crippen molar-refractivity contribution in [1.29, 1.82) is 0 Å². The van der Waals surface area contributed by atoms with Crippen molar-refractivity contribution in [3.63, 3.8) is 0 Å². The lowest BCUT2D eigenvalue weighted by Crippen LogP contribution is -2.15. The molecular formula is C11H17NO. The highest BCUT2D eigenvalue weighted by Gasteiger charge is 2.01. The summed E-state index contributed by atoms with van der Waals surface area (Å²) in [5, 5.41) is 8.99. The molecular weight excluding hydrogens is 162 g/mol. The van der Waals surface area contributed by atoms with Gasteiger partial charge in [0.25, 0.3) is 0 Å². The summed E-state index contributed by atoms with van der Waals surface area (Å²) in [5.74, 6) is 0. The summed E-state index contributed by atoms with van der Waals surface area (Å²) in [6.07, 6.45) is 0. The summed E-state index contributed by atoms with van der Waals surface area (Å²) >= 11 is 0. The molecule has 0 unspecified atom stereocenters. The van der Waals surface area contributed by atoms with Crippen LogP contribution in [0.1, 0.15) is 18.1 Å². The maximum absolute atomic E-state index is 8.99. The number of nitrogens with zero attached hydrogens (tertiary/aromatic N) is 1. The summed E-state index contributed by atoms with van der Waals surface area (Å²) in [6.45, 7) is 5.27. The van der Waals surface area contributed by atoms with Crippen LogP contribution in [0.25, 0.3) is 0 Å². The number of hydrogen-bond donors (Lipinski definition) is 1. The highest BCUT2D eigenvalue weighted by Crippen LogP contribution is 2.17. The van der Waals surface area contributed by atoms with E-state index < -0.39 is 0 Å². The van der Waals surface area contributed by atoms with E-state index in [0.29, 0.717) is 0 Å². The second kappa shape index (κ2) is 4.28. The molecule has 0 saturated carbocycles. The fraction of sp³-hybridized carbons (Fsp3) is 0.455. The molecule has 13 heavy (non-hydrogen) atoms. The van der Waals surface area contributed by atoms with Crippen LogP contribution in [0, 0.1) is 6.92 Å². The minimum Gasteiger partial charge on any atom is -0.392 e. The Balaban J connectivity index is 2.95. The quantitative estimate of drug-likeness (QED) is 0.766. The first kappa shape index (κ1) is 10.1. The Kier molecular flexibility index (Phi) is 3.32. The Morgan fingerprint density at radius 2 is 2.08 bits per heavy atom. The molecule has 1 rings (SSSR count). The zero-order valence-electron chi connectivity index (χ0n) is 8.54. The molecule has 0 fully saturated rings. The highest BCUT2D eigenvalue weighted by atomic mass is 16.3. The normalized spacial score (nSPS) is 10.2. The van der Waals surface area contributed by atoms with Gasteiger partial charge in [0.2, 0.25) is 0 Å². The van der Waals surface area contributed by atoms with Crippen LogP contribution in [0.4, 0.5) is 5.69 Å². The maximum atomic E-state index is 8.99. The van der Waals surface area contributed by atoms with E-state index in [1.807, 2.05) is 19.1 Å². The molecule has 2 heteroatoms. The van der Waals surface area contributed by atoms with Crippen molar-refractivity contribution in [2.45, 2.75) is 20.5 Å². The van der Waals surface area contributed by atoms with E-state index in [9.17, 15) is 0 Å². The molecule has 0 atom stereocenters. The van der Waals surface area contributed by atoms with Gasteiger partial charge in [-0.1, -0.05) is 6.07 Å². The molecule has 0 heterocycles. The first-order valence-corrected chi connectivity index (χ1v) is 4.60. The van der Waals surface area contributed by atoms with Crippen LogP contribution in [0.3, 0.4) is 0 Å². The van der Waals surface area contributed by atoms with Crippen molar-refractivity contribution in [3.8, 4) is 0 Å². The van der Waals surface area contributed by atoms with Gasteiger partial charge in [-0.15, -0.1) is 0 Å². The van der Waals surface area contributed by atoms with Gasteiger partial charge in [0.15, 0.2) is 0 Å². The number of aryl methyl sites for hydroxylation is 1. The van der Waals surface area contributed by atoms with Crippen molar-refractivity contribution in [3.05, 3.63) is 29.3 Å². The first-order valence-electron chi connectivity index (χ1n) is 4.60. The molecule has 0 aliphatic heterocycles. The number of aliphatic hydroxyl groups excluding tert-OH is 1. The molecule has 0 aromatic heterocycles. The zero-order valence-corrected chi connectivity index (χ0v) is 8.54. The number of benzene rings is 1. The van der Waals surface area contributed by atoms with Crippen LogP contribution in [0.5, 0.6) is 0 Å². The average molecular weight is 179 g/mol. The lowest BCUT2D eigenvalue weighted by molar-refractivity contribution is 0.281. The summed E-state index contributed by atoms with van der Waals surface area (Å²) in [4.78, 5) is 2.17. The molecule has 1 N–H and O–H groups in total. The first-order chi connectivity index (χ1) is 6.19. The minimum absolute atomic E-state index is 0.127. The Morgan fingerprint density at radius 3 is 2.54 bits per heavy atom. The van der Waals surface area contributed by atoms with E-state index in [1.54, 1.807) is 0 Å². The second-order valence-corrected chi connectivity index (χ2v) is 3.28. The number of anilines is 1. The fourth-order valence-corrected chi connectivity index (χ4v) is 1.28. The average Bonchev–Trinajstić information content (AvgIpc) is 2.16. The van der Waals surface area contributed by atoms with E-state index in [4.69, 9.17) is 5.11 Å². The van der Waals surface area contributed by atoms with Crippen LogP contribution in [0.2, 0.25) is 0 Å². The third-order valence-corrected chi connectivity index (χ3v) is 2.41. The Morgan fingerprint density at radius 1 is 1.38 bits per heavy atom. The van der Waals surface area contributed by atoms with E-state index >= 15 is 0 Å². The molecule has 0 spiro atoms. The third kappa shape index (κ3) is 2.22. The second-order valence-electron chi connectivity index (χ2n) is 3.28. The molecule has 0 radical (unpaired) electrons. The molecule has 1 aromatic rings. The molecule has 0 amide bonds. The van der Waals surface area contributed by atoms with Crippen LogP contribution >= 0.6 is 0 Å². The van der Waals surface area contributed by atoms with Gasteiger partial charge in [0.1, 0.15) is 0 Å². The molecule has 0 aliphatic rings. The lowest BCUT2D eigenvalue weighted by atomic mass is 10.1. The summed E-state index contributed by atoms with van der Waals surface area (Å²) in [6, 6.07) is 6.13. The van der Waals surface area contributed by atoms with Gasteiger partial charge < -0.3 is 10.0 Å². The van der Waals surface area contributed by atoms with Crippen molar-refractivity contribution in [2.75, 3.05) is 18.5 Å².